The molecule has 5 heteroatoms. The van der Waals surface area contributed by atoms with E-state index in [-0.39, 0.29) is 12.2 Å². The fourth-order valence-electron chi connectivity index (χ4n) is 1.89. The highest BCUT2D eigenvalue weighted by Gasteiger charge is 2.02. The monoisotopic (exact) mass is 327 g/mol. The normalized spacial score (nSPS) is 9.58. The molecule has 0 atom stereocenters. The summed E-state index contributed by atoms with van der Waals surface area (Å²) in [6.07, 6.45) is -0.120. The van der Waals surface area contributed by atoms with Gasteiger partial charge in [-0.1, -0.05) is 42.2 Å². The number of alkyl carbamates (subject to hydrolysis) is 1. The van der Waals surface area contributed by atoms with Crippen LogP contribution in [0.3, 0.4) is 0 Å². The maximum absolute atomic E-state index is 13.6. The van der Waals surface area contributed by atoms with Crippen molar-refractivity contribution in [1.29, 1.82) is 0 Å². The predicted molar refractivity (Wildman–Crippen MR) is 89.1 cm³/mol. The molecule has 0 saturated heterocycles. The second-order valence-electron chi connectivity index (χ2n) is 4.89. The average molecular weight is 327 g/mol. The maximum Gasteiger partial charge on any atom is 0.407 e. The Morgan fingerprint density at radius 2 is 2.00 bits per heavy atom. The molecule has 124 valence electrons. The van der Waals surface area contributed by atoms with Gasteiger partial charge in [0.25, 0.3) is 0 Å². The molecule has 0 heterocycles. The molecule has 1 amide bonds. The third-order valence-electron chi connectivity index (χ3n) is 3.13. The maximum atomic E-state index is 13.6. The van der Waals surface area contributed by atoms with Crippen LogP contribution in [-0.4, -0.2) is 19.7 Å². The van der Waals surface area contributed by atoms with Crippen molar-refractivity contribution in [3.8, 4) is 17.6 Å². The molecule has 2 aromatic carbocycles. The molecule has 2 aromatic rings. The largest absolute Gasteiger partial charge is 0.497 e. The van der Waals surface area contributed by atoms with Gasteiger partial charge in [-0.15, -0.1) is 0 Å². The van der Waals surface area contributed by atoms with Crippen LogP contribution >= 0.6 is 0 Å². The van der Waals surface area contributed by atoms with E-state index in [1.54, 1.807) is 0 Å². The molecule has 0 unspecified atom stereocenters. The minimum Gasteiger partial charge on any atom is -0.497 e. The molecular weight excluding hydrogens is 309 g/mol. The van der Waals surface area contributed by atoms with Crippen molar-refractivity contribution in [2.24, 2.45) is 0 Å². The molecule has 0 fully saturated rings. The summed E-state index contributed by atoms with van der Waals surface area (Å²) in [4.78, 5) is 11.5. The number of rotatable bonds is 5. The van der Waals surface area contributed by atoms with E-state index in [2.05, 4.69) is 17.2 Å². The molecule has 0 spiro atoms. The van der Waals surface area contributed by atoms with Crippen LogP contribution in [-0.2, 0) is 11.3 Å². The molecular formula is C19H18FNO3. The number of hydrogen-bond donors (Lipinski definition) is 1. The zero-order valence-corrected chi connectivity index (χ0v) is 13.3. The number of hydrogen-bond acceptors (Lipinski definition) is 3. The van der Waals surface area contributed by atoms with Crippen LogP contribution in [0.15, 0.2) is 48.5 Å². The van der Waals surface area contributed by atoms with Gasteiger partial charge >= 0.3 is 6.09 Å². The zero-order chi connectivity index (χ0) is 17.2. The lowest BCUT2D eigenvalue weighted by Crippen LogP contribution is -2.24. The number of nitrogens with one attached hydrogen (secondary N) is 1. The average Bonchev–Trinajstić information content (AvgIpc) is 2.62. The first-order valence-corrected chi connectivity index (χ1v) is 7.46. The topological polar surface area (TPSA) is 47.6 Å². The number of ether oxygens (including phenoxy) is 2. The molecule has 0 aliphatic rings. The van der Waals surface area contributed by atoms with Crippen LogP contribution in [0.1, 0.15) is 17.5 Å². The van der Waals surface area contributed by atoms with Gasteiger partial charge < -0.3 is 14.8 Å². The Kier molecular flexibility index (Phi) is 6.66. The van der Waals surface area contributed by atoms with Crippen LogP contribution in [0.4, 0.5) is 9.18 Å². The van der Waals surface area contributed by atoms with Gasteiger partial charge in [0, 0.05) is 13.0 Å². The second kappa shape index (κ2) is 9.21. The van der Waals surface area contributed by atoms with Crippen molar-refractivity contribution in [2.75, 3.05) is 13.7 Å². The standard InChI is InChI=1S/C19H18FNO3/c1-23-17-10-11-18(20)16(13-17)9-5-6-12-21-19(22)24-14-15-7-3-2-4-8-15/h2-4,7-8,10-11,13H,6,12,14H2,1H3,(H,21,22). The Balaban J connectivity index is 1.72. The molecule has 0 aromatic heterocycles. The molecule has 2 rings (SSSR count). The van der Waals surface area contributed by atoms with Gasteiger partial charge in [0.1, 0.15) is 18.2 Å². The summed E-state index contributed by atoms with van der Waals surface area (Å²) in [6, 6.07) is 13.8. The number of carbonyl (C=O) groups excluding carboxylic acids is 1. The van der Waals surface area contributed by atoms with Gasteiger partial charge in [-0.05, 0) is 23.8 Å². The van der Waals surface area contributed by atoms with Crippen molar-refractivity contribution < 1.29 is 18.7 Å². The first kappa shape index (κ1) is 17.4. The highest BCUT2D eigenvalue weighted by Crippen LogP contribution is 2.15. The highest BCUT2D eigenvalue weighted by molar-refractivity contribution is 5.67. The first-order valence-electron chi connectivity index (χ1n) is 7.46. The van der Waals surface area contributed by atoms with Gasteiger partial charge in [0.05, 0.1) is 12.7 Å². The van der Waals surface area contributed by atoms with Gasteiger partial charge in [0.15, 0.2) is 0 Å². The highest BCUT2D eigenvalue weighted by atomic mass is 19.1. The van der Waals surface area contributed by atoms with Crippen LogP contribution in [0.2, 0.25) is 0 Å². The minimum absolute atomic E-state index is 0.216. The second-order valence-corrected chi connectivity index (χ2v) is 4.89. The first-order chi connectivity index (χ1) is 11.7. The Morgan fingerprint density at radius 1 is 1.21 bits per heavy atom. The Labute approximate surface area is 140 Å². The predicted octanol–water partition coefficient (Wildman–Crippen LogP) is 3.50. The molecule has 0 aliphatic heterocycles. The van der Waals surface area contributed by atoms with Crippen molar-refractivity contribution in [3.05, 3.63) is 65.5 Å². The third-order valence-corrected chi connectivity index (χ3v) is 3.13. The Bertz CT molecular complexity index is 735. The smallest absolute Gasteiger partial charge is 0.407 e. The van der Waals surface area contributed by atoms with Crippen LogP contribution in [0.5, 0.6) is 5.75 Å². The molecule has 24 heavy (non-hydrogen) atoms. The number of benzene rings is 2. The number of halogens is 1. The fraction of sp³-hybridized carbons (Fsp3) is 0.211. The van der Waals surface area contributed by atoms with E-state index in [9.17, 15) is 9.18 Å². The summed E-state index contributed by atoms with van der Waals surface area (Å²) >= 11 is 0. The SMILES string of the molecule is COc1ccc(F)c(C#CCCNC(=O)OCc2ccccc2)c1. The van der Waals surface area contributed by atoms with Crippen LogP contribution in [0, 0.1) is 17.7 Å². The molecule has 0 saturated carbocycles. The summed E-state index contributed by atoms with van der Waals surface area (Å²) in [6.45, 7) is 0.541. The summed E-state index contributed by atoms with van der Waals surface area (Å²) < 4.78 is 23.6. The summed E-state index contributed by atoms with van der Waals surface area (Å²) in [5.74, 6) is 5.67. The molecule has 1 N–H and O–H groups in total. The quantitative estimate of drug-likeness (QED) is 0.675. The van der Waals surface area contributed by atoms with E-state index in [1.165, 1.54) is 25.3 Å². The van der Waals surface area contributed by atoms with Crippen molar-refractivity contribution in [1.82, 2.24) is 5.32 Å². The fourth-order valence-corrected chi connectivity index (χ4v) is 1.89. The van der Waals surface area contributed by atoms with Crippen LogP contribution in [0.25, 0.3) is 0 Å². The lowest BCUT2D eigenvalue weighted by atomic mass is 10.2. The Morgan fingerprint density at radius 3 is 2.75 bits per heavy atom. The van der Waals surface area contributed by atoms with E-state index >= 15 is 0 Å². The van der Waals surface area contributed by atoms with Gasteiger partial charge in [-0.2, -0.15) is 0 Å². The summed E-state index contributed by atoms with van der Waals surface area (Å²) in [5.41, 5.74) is 1.18. The van der Waals surface area contributed by atoms with Crippen LogP contribution < -0.4 is 10.1 Å². The zero-order valence-electron chi connectivity index (χ0n) is 13.3. The molecule has 0 radical (unpaired) electrons. The van der Waals surface area contributed by atoms with Gasteiger partial charge in [0.2, 0.25) is 0 Å². The van der Waals surface area contributed by atoms with E-state index in [0.29, 0.717) is 18.7 Å². The molecule has 4 nitrogen and oxygen atoms in total. The summed E-state index contributed by atoms with van der Waals surface area (Å²) in [7, 11) is 1.51. The number of amides is 1. The van der Waals surface area contributed by atoms with Gasteiger partial charge in [-0.25, -0.2) is 9.18 Å². The number of methoxy groups -OCH3 is 1. The van der Waals surface area contributed by atoms with Crippen molar-refractivity contribution in [2.45, 2.75) is 13.0 Å². The Hall–Kier alpha value is -3.00. The lowest BCUT2D eigenvalue weighted by molar-refractivity contribution is 0.140. The van der Waals surface area contributed by atoms with E-state index in [4.69, 9.17) is 9.47 Å². The lowest BCUT2D eigenvalue weighted by Gasteiger charge is -2.05. The molecule has 0 bridgehead atoms. The minimum atomic E-state index is -0.506. The third kappa shape index (κ3) is 5.65. The van der Waals surface area contributed by atoms with E-state index < -0.39 is 11.9 Å². The summed E-state index contributed by atoms with van der Waals surface area (Å²) in [5, 5.41) is 2.59. The van der Waals surface area contributed by atoms with Crippen molar-refractivity contribution >= 4 is 6.09 Å². The van der Waals surface area contributed by atoms with E-state index in [1.807, 2.05) is 30.3 Å². The molecule has 0 aliphatic carbocycles. The van der Waals surface area contributed by atoms with E-state index in [0.717, 1.165) is 5.56 Å². The van der Waals surface area contributed by atoms with Crippen molar-refractivity contribution in [3.63, 3.8) is 0 Å². The van der Waals surface area contributed by atoms with Gasteiger partial charge in [-0.3, -0.25) is 0 Å². The number of carbonyl (C=O) groups is 1.